The Hall–Kier alpha value is -1.72. The van der Waals surface area contributed by atoms with E-state index < -0.39 is 10.0 Å². The van der Waals surface area contributed by atoms with Gasteiger partial charge in [0, 0.05) is 44.5 Å². The van der Waals surface area contributed by atoms with E-state index in [1.54, 1.807) is 24.5 Å². The maximum Gasteiger partial charge on any atom is 0.213 e. The minimum absolute atomic E-state index is 0. The number of benzene rings is 1. The van der Waals surface area contributed by atoms with Crippen LogP contribution in [0.25, 0.3) is 11.3 Å². The number of halogens is 1. The molecule has 2 N–H and O–H groups in total. The molecule has 0 atom stereocenters. The fourth-order valence-corrected chi connectivity index (χ4v) is 4.54. The first kappa shape index (κ1) is 24.5. The first-order valence-electron chi connectivity index (χ1n) is 9.97. The van der Waals surface area contributed by atoms with E-state index in [2.05, 4.69) is 38.8 Å². The van der Waals surface area contributed by atoms with E-state index in [0.717, 1.165) is 35.6 Å². The van der Waals surface area contributed by atoms with Crippen molar-refractivity contribution >= 4 is 40.0 Å². The van der Waals surface area contributed by atoms with Crippen LogP contribution in [0.1, 0.15) is 25.3 Å². The van der Waals surface area contributed by atoms with Crippen LogP contribution >= 0.6 is 24.0 Å². The summed E-state index contributed by atoms with van der Waals surface area (Å²) in [6.07, 6.45) is 3.34. The van der Waals surface area contributed by atoms with Crippen LogP contribution in [0.5, 0.6) is 0 Å². The summed E-state index contributed by atoms with van der Waals surface area (Å²) in [7, 11) is -1.35. The van der Waals surface area contributed by atoms with Crippen LogP contribution in [0.15, 0.2) is 53.7 Å². The van der Waals surface area contributed by atoms with Gasteiger partial charge in [0.25, 0.3) is 0 Å². The van der Waals surface area contributed by atoms with Crippen LogP contribution in [0.4, 0.5) is 0 Å². The van der Waals surface area contributed by atoms with Crippen LogP contribution in [0.2, 0.25) is 0 Å². The van der Waals surface area contributed by atoms with Gasteiger partial charge in [-0.2, -0.15) is 0 Å². The van der Waals surface area contributed by atoms with Crippen molar-refractivity contribution in [3.8, 4) is 11.3 Å². The van der Waals surface area contributed by atoms with E-state index in [1.165, 1.54) is 0 Å². The molecule has 7 nitrogen and oxygen atoms in total. The molecule has 0 spiro atoms. The van der Waals surface area contributed by atoms with Gasteiger partial charge >= 0.3 is 0 Å². The lowest BCUT2D eigenvalue weighted by atomic mass is 10.1. The van der Waals surface area contributed by atoms with Gasteiger partial charge in [0.15, 0.2) is 5.96 Å². The molecule has 1 aromatic heterocycles. The number of nitrogens with zero attached hydrogens (tertiary/aromatic N) is 3. The lowest BCUT2D eigenvalue weighted by molar-refractivity contribution is 0.306. The fraction of sp³-hybridized carbons (Fsp3) is 0.429. The Kier molecular flexibility index (Phi) is 9.50. The molecule has 0 saturated carbocycles. The number of pyridine rings is 1. The molecule has 0 amide bonds. The van der Waals surface area contributed by atoms with Gasteiger partial charge in [-0.25, -0.2) is 12.7 Å². The number of aromatic nitrogens is 1. The quantitative estimate of drug-likeness (QED) is 0.333. The van der Waals surface area contributed by atoms with Crippen molar-refractivity contribution in [2.24, 2.45) is 4.99 Å². The number of nitrogens with one attached hydrogen (secondary N) is 2. The van der Waals surface area contributed by atoms with Crippen molar-refractivity contribution in [1.82, 2.24) is 19.9 Å². The average Bonchev–Trinajstić information content (AvgIpc) is 2.77. The standard InChI is InChI=1S/C21H29N5O2S.HI/c1-3-29(27,28)26-13-10-19(11-14-26)25-21(22-2)24-16-17-7-6-8-18(15-17)20-9-4-5-12-23-20;/h4-9,12,15,19H,3,10-11,13-14,16H2,1-2H3,(H2,22,24,25);1H. The van der Waals surface area contributed by atoms with Crippen molar-refractivity contribution in [1.29, 1.82) is 0 Å². The van der Waals surface area contributed by atoms with Crippen LogP contribution in [0, 0.1) is 0 Å². The van der Waals surface area contributed by atoms with Gasteiger partial charge in [-0.15, -0.1) is 24.0 Å². The number of aliphatic imine (C=N–C) groups is 1. The second kappa shape index (κ2) is 11.6. The summed E-state index contributed by atoms with van der Waals surface area (Å²) in [6, 6.07) is 14.4. The minimum Gasteiger partial charge on any atom is -0.354 e. The Morgan fingerprint density at radius 1 is 1.20 bits per heavy atom. The topological polar surface area (TPSA) is 86.7 Å². The van der Waals surface area contributed by atoms with Gasteiger partial charge in [0.1, 0.15) is 0 Å². The summed E-state index contributed by atoms with van der Waals surface area (Å²) in [6.45, 7) is 3.44. The zero-order chi connectivity index (χ0) is 20.7. The number of guanidine groups is 1. The third-order valence-electron chi connectivity index (χ3n) is 5.12. The SMILES string of the molecule is CCS(=O)(=O)N1CCC(NC(=NC)NCc2cccc(-c3ccccn3)c2)CC1.I. The Morgan fingerprint density at radius 2 is 1.97 bits per heavy atom. The average molecular weight is 543 g/mol. The maximum atomic E-state index is 12.0. The summed E-state index contributed by atoms with van der Waals surface area (Å²) in [4.78, 5) is 8.72. The number of hydrogen-bond acceptors (Lipinski definition) is 4. The van der Waals surface area contributed by atoms with Crippen LogP contribution in [0.3, 0.4) is 0 Å². The first-order valence-corrected chi connectivity index (χ1v) is 11.6. The number of hydrogen-bond donors (Lipinski definition) is 2. The zero-order valence-electron chi connectivity index (χ0n) is 17.4. The Morgan fingerprint density at radius 3 is 2.60 bits per heavy atom. The van der Waals surface area contributed by atoms with Crippen molar-refractivity contribution in [2.45, 2.75) is 32.4 Å². The van der Waals surface area contributed by atoms with Crippen molar-refractivity contribution < 1.29 is 8.42 Å². The highest BCUT2D eigenvalue weighted by Crippen LogP contribution is 2.18. The van der Waals surface area contributed by atoms with E-state index in [1.807, 2.05) is 24.3 Å². The predicted molar refractivity (Wildman–Crippen MR) is 132 cm³/mol. The summed E-state index contributed by atoms with van der Waals surface area (Å²) < 4.78 is 25.6. The maximum absolute atomic E-state index is 12.0. The van der Waals surface area contributed by atoms with Crippen LogP contribution < -0.4 is 10.6 Å². The smallest absolute Gasteiger partial charge is 0.213 e. The Balaban J connectivity index is 0.00000320. The van der Waals surface area contributed by atoms with Gasteiger partial charge in [-0.05, 0) is 43.5 Å². The van der Waals surface area contributed by atoms with Crippen molar-refractivity contribution in [3.05, 3.63) is 54.2 Å². The molecular weight excluding hydrogens is 513 g/mol. The van der Waals surface area contributed by atoms with Gasteiger partial charge in [0.2, 0.25) is 10.0 Å². The number of rotatable bonds is 6. The molecule has 9 heteroatoms. The highest BCUT2D eigenvalue weighted by atomic mass is 127. The Bertz CT molecular complexity index is 929. The van der Waals surface area contributed by atoms with Crippen LogP contribution in [-0.4, -0.2) is 55.6 Å². The lowest BCUT2D eigenvalue weighted by Crippen LogP contribution is -2.49. The molecule has 3 rings (SSSR count). The minimum atomic E-state index is -3.10. The van der Waals surface area contributed by atoms with E-state index in [-0.39, 0.29) is 35.8 Å². The number of piperidine rings is 1. The molecule has 1 aliphatic heterocycles. The van der Waals surface area contributed by atoms with E-state index in [4.69, 9.17) is 0 Å². The largest absolute Gasteiger partial charge is 0.354 e. The molecule has 0 unspecified atom stereocenters. The monoisotopic (exact) mass is 543 g/mol. The molecule has 0 radical (unpaired) electrons. The highest BCUT2D eigenvalue weighted by molar-refractivity contribution is 14.0. The summed E-state index contributed by atoms with van der Waals surface area (Å²) in [5.74, 6) is 0.886. The summed E-state index contributed by atoms with van der Waals surface area (Å²) in [5, 5.41) is 6.77. The molecule has 1 aliphatic rings. The summed E-state index contributed by atoms with van der Waals surface area (Å²) in [5.41, 5.74) is 3.17. The molecule has 164 valence electrons. The second-order valence-corrected chi connectivity index (χ2v) is 9.32. The first-order chi connectivity index (χ1) is 14.0. The van der Waals surface area contributed by atoms with Crippen molar-refractivity contribution in [3.63, 3.8) is 0 Å². The normalized spacial score (nSPS) is 16.0. The zero-order valence-corrected chi connectivity index (χ0v) is 20.6. The van der Waals surface area contributed by atoms with Crippen LogP contribution in [-0.2, 0) is 16.6 Å². The molecule has 1 fully saturated rings. The van der Waals surface area contributed by atoms with Gasteiger partial charge in [-0.3, -0.25) is 9.98 Å². The summed E-state index contributed by atoms with van der Waals surface area (Å²) >= 11 is 0. The van der Waals surface area contributed by atoms with Gasteiger partial charge in [0.05, 0.1) is 11.4 Å². The second-order valence-electron chi connectivity index (χ2n) is 7.06. The molecule has 0 bridgehead atoms. The molecule has 1 aromatic carbocycles. The lowest BCUT2D eigenvalue weighted by Gasteiger charge is -2.32. The fourth-order valence-electron chi connectivity index (χ4n) is 3.41. The number of sulfonamides is 1. The van der Waals surface area contributed by atoms with E-state index >= 15 is 0 Å². The Labute approximate surface area is 196 Å². The molecule has 0 aliphatic carbocycles. The highest BCUT2D eigenvalue weighted by Gasteiger charge is 2.26. The molecule has 30 heavy (non-hydrogen) atoms. The van der Waals surface area contributed by atoms with E-state index in [0.29, 0.717) is 19.6 Å². The predicted octanol–water partition coefficient (Wildman–Crippen LogP) is 2.85. The van der Waals surface area contributed by atoms with Gasteiger partial charge < -0.3 is 10.6 Å². The van der Waals surface area contributed by atoms with Gasteiger partial charge in [-0.1, -0.05) is 24.3 Å². The third kappa shape index (κ3) is 6.64. The molecule has 2 heterocycles. The molecule has 2 aromatic rings. The third-order valence-corrected chi connectivity index (χ3v) is 7.01. The van der Waals surface area contributed by atoms with E-state index in [9.17, 15) is 8.42 Å². The molecular formula is C21H30IN5O2S. The molecule has 1 saturated heterocycles. The van der Waals surface area contributed by atoms with Crippen molar-refractivity contribution in [2.75, 3.05) is 25.9 Å².